The summed E-state index contributed by atoms with van der Waals surface area (Å²) in [5.74, 6) is 0. The van der Waals surface area contributed by atoms with Crippen LogP contribution in [0.15, 0.2) is 4.42 Å². The summed E-state index contributed by atoms with van der Waals surface area (Å²) in [5.41, 5.74) is 5.71. The smallest absolute Gasteiger partial charge is 0.319 e. The molecule has 1 aliphatic rings. The SMILES string of the molecule is CC1(C)CCCN(c2nnc(N)o2)C1. The fourth-order valence-electron chi connectivity index (χ4n) is 1.94. The topological polar surface area (TPSA) is 68.2 Å². The number of nitrogens with two attached hydrogens (primary N) is 1. The van der Waals surface area contributed by atoms with E-state index >= 15 is 0 Å². The normalized spacial score (nSPS) is 21.1. The molecule has 0 radical (unpaired) electrons. The van der Waals surface area contributed by atoms with Crippen LogP contribution in [0.3, 0.4) is 0 Å². The summed E-state index contributed by atoms with van der Waals surface area (Å²) >= 11 is 0. The van der Waals surface area contributed by atoms with Crippen molar-refractivity contribution in [3.05, 3.63) is 0 Å². The van der Waals surface area contributed by atoms with Crippen molar-refractivity contribution < 1.29 is 4.42 Å². The Balaban J connectivity index is 2.12. The average Bonchev–Trinajstić information content (AvgIpc) is 2.50. The average molecular weight is 196 g/mol. The van der Waals surface area contributed by atoms with E-state index in [4.69, 9.17) is 10.2 Å². The predicted molar refractivity (Wildman–Crippen MR) is 53.9 cm³/mol. The van der Waals surface area contributed by atoms with Gasteiger partial charge in [-0.3, -0.25) is 0 Å². The highest BCUT2D eigenvalue weighted by atomic mass is 16.4. The Kier molecular flexibility index (Phi) is 2.09. The number of hydrogen-bond donors (Lipinski definition) is 1. The molecular weight excluding hydrogens is 180 g/mol. The van der Waals surface area contributed by atoms with Crippen molar-refractivity contribution in [2.24, 2.45) is 5.41 Å². The number of nitrogen functional groups attached to an aromatic ring is 1. The molecule has 0 atom stereocenters. The maximum atomic E-state index is 5.39. The zero-order chi connectivity index (χ0) is 10.2. The van der Waals surface area contributed by atoms with E-state index < -0.39 is 0 Å². The third-order valence-corrected chi connectivity index (χ3v) is 2.60. The van der Waals surface area contributed by atoms with E-state index in [1.165, 1.54) is 6.42 Å². The van der Waals surface area contributed by atoms with E-state index in [2.05, 4.69) is 28.9 Å². The van der Waals surface area contributed by atoms with Crippen LogP contribution in [0.4, 0.5) is 12.0 Å². The first kappa shape index (κ1) is 9.30. The molecule has 1 aliphatic heterocycles. The van der Waals surface area contributed by atoms with E-state index in [1.807, 2.05) is 0 Å². The van der Waals surface area contributed by atoms with Crippen LogP contribution in [0, 0.1) is 5.41 Å². The third-order valence-electron chi connectivity index (χ3n) is 2.60. The fraction of sp³-hybridized carbons (Fsp3) is 0.778. The van der Waals surface area contributed by atoms with Gasteiger partial charge in [0.1, 0.15) is 0 Å². The number of rotatable bonds is 1. The molecule has 78 valence electrons. The largest absolute Gasteiger partial charge is 0.390 e. The second-order valence-corrected chi connectivity index (χ2v) is 4.61. The van der Waals surface area contributed by atoms with Crippen molar-refractivity contribution in [3.63, 3.8) is 0 Å². The van der Waals surface area contributed by atoms with Crippen molar-refractivity contribution in [2.75, 3.05) is 23.7 Å². The number of nitrogens with zero attached hydrogens (tertiary/aromatic N) is 3. The van der Waals surface area contributed by atoms with E-state index in [-0.39, 0.29) is 6.01 Å². The zero-order valence-corrected chi connectivity index (χ0v) is 8.66. The number of hydrogen-bond acceptors (Lipinski definition) is 5. The van der Waals surface area contributed by atoms with E-state index in [0.29, 0.717) is 11.4 Å². The van der Waals surface area contributed by atoms with Crippen LogP contribution in [0.2, 0.25) is 0 Å². The second-order valence-electron chi connectivity index (χ2n) is 4.61. The Morgan fingerprint density at radius 2 is 2.21 bits per heavy atom. The molecule has 0 spiro atoms. The highest BCUT2D eigenvalue weighted by molar-refractivity contribution is 5.29. The van der Waals surface area contributed by atoms with Gasteiger partial charge in [-0.15, -0.1) is 0 Å². The lowest BCUT2D eigenvalue weighted by molar-refractivity contribution is 0.284. The van der Waals surface area contributed by atoms with Crippen LogP contribution in [-0.4, -0.2) is 23.3 Å². The van der Waals surface area contributed by atoms with Crippen LogP contribution in [0.1, 0.15) is 26.7 Å². The minimum Gasteiger partial charge on any atom is -0.390 e. The molecule has 0 unspecified atom stereocenters. The fourth-order valence-corrected chi connectivity index (χ4v) is 1.94. The molecule has 1 saturated heterocycles. The van der Waals surface area contributed by atoms with Crippen LogP contribution in [-0.2, 0) is 0 Å². The molecule has 1 aromatic rings. The number of aromatic nitrogens is 2. The first-order valence-electron chi connectivity index (χ1n) is 4.91. The maximum Gasteiger partial charge on any atom is 0.319 e. The van der Waals surface area contributed by atoms with Gasteiger partial charge < -0.3 is 15.1 Å². The Hall–Kier alpha value is -1.26. The van der Waals surface area contributed by atoms with Gasteiger partial charge in [-0.2, -0.15) is 0 Å². The number of piperidine rings is 1. The van der Waals surface area contributed by atoms with E-state index in [0.717, 1.165) is 19.5 Å². The first-order valence-corrected chi connectivity index (χ1v) is 4.91. The van der Waals surface area contributed by atoms with Crippen molar-refractivity contribution in [1.82, 2.24) is 10.2 Å². The van der Waals surface area contributed by atoms with Crippen molar-refractivity contribution >= 4 is 12.0 Å². The minimum absolute atomic E-state index is 0.142. The Labute approximate surface area is 83.3 Å². The molecule has 5 nitrogen and oxygen atoms in total. The summed E-state index contributed by atoms with van der Waals surface area (Å²) < 4.78 is 5.20. The molecule has 5 heteroatoms. The highest BCUT2D eigenvalue weighted by Crippen LogP contribution is 2.30. The Morgan fingerprint density at radius 1 is 1.43 bits per heavy atom. The van der Waals surface area contributed by atoms with Crippen LogP contribution >= 0.6 is 0 Å². The highest BCUT2D eigenvalue weighted by Gasteiger charge is 2.28. The Bertz CT molecular complexity index is 320. The summed E-state index contributed by atoms with van der Waals surface area (Å²) in [4.78, 5) is 2.10. The van der Waals surface area contributed by atoms with Crippen molar-refractivity contribution in [1.29, 1.82) is 0 Å². The second kappa shape index (κ2) is 3.15. The molecule has 0 aliphatic carbocycles. The number of anilines is 2. The van der Waals surface area contributed by atoms with Gasteiger partial charge in [-0.1, -0.05) is 24.0 Å². The lowest BCUT2D eigenvalue weighted by Gasteiger charge is -2.36. The Morgan fingerprint density at radius 3 is 2.79 bits per heavy atom. The van der Waals surface area contributed by atoms with Gasteiger partial charge in [0.25, 0.3) is 0 Å². The summed E-state index contributed by atoms with van der Waals surface area (Å²) in [5, 5.41) is 7.55. The first-order chi connectivity index (χ1) is 6.57. The van der Waals surface area contributed by atoms with Crippen LogP contribution < -0.4 is 10.6 Å². The van der Waals surface area contributed by atoms with E-state index in [9.17, 15) is 0 Å². The van der Waals surface area contributed by atoms with Crippen molar-refractivity contribution in [3.8, 4) is 0 Å². The lowest BCUT2D eigenvalue weighted by Crippen LogP contribution is -2.40. The maximum absolute atomic E-state index is 5.39. The molecule has 2 heterocycles. The third kappa shape index (κ3) is 1.81. The predicted octanol–water partition coefficient (Wildman–Crippen LogP) is 1.28. The summed E-state index contributed by atoms with van der Waals surface area (Å²) in [7, 11) is 0. The minimum atomic E-state index is 0.142. The molecule has 1 fully saturated rings. The molecule has 0 bridgehead atoms. The monoisotopic (exact) mass is 196 g/mol. The molecule has 14 heavy (non-hydrogen) atoms. The van der Waals surface area contributed by atoms with Crippen LogP contribution in [0.5, 0.6) is 0 Å². The molecular formula is C9H16N4O. The molecule has 2 rings (SSSR count). The van der Waals surface area contributed by atoms with Crippen LogP contribution in [0.25, 0.3) is 0 Å². The molecule has 0 amide bonds. The summed E-state index contributed by atoms with van der Waals surface area (Å²) in [6.45, 7) is 6.43. The summed E-state index contributed by atoms with van der Waals surface area (Å²) in [6.07, 6.45) is 2.41. The van der Waals surface area contributed by atoms with Gasteiger partial charge in [-0.25, -0.2) is 0 Å². The molecule has 2 N–H and O–H groups in total. The zero-order valence-electron chi connectivity index (χ0n) is 8.66. The van der Waals surface area contributed by atoms with Gasteiger partial charge in [0.15, 0.2) is 0 Å². The van der Waals surface area contributed by atoms with E-state index in [1.54, 1.807) is 0 Å². The molecule has 0 saturated carbocycles. The van der Waals surface area contributed by atoms with Gasteiger partial charge in [0.2, 0.25) is 0 Å². The summed E-state index contributed by atoms with van der Waals surface area (Å²) in [6, 6.07) is 0.693. The van der Waals surface area contributed by atoms with Gasteiger partial charge in [-0.05, 0) is 18.3 Å². The quantitative estimate of drug-likeness (QED) is 0.732. The lowest BCUT2D eigenvalue weighted by atomic mass is 9.84. The standard InChI is InChI=1S/C9H16N4O/c1-9(2)4-3-5-13(6-9)8-12-11-7(10)14-8/h3-6H2,1-2H3,(H2,10,11). The molecule has 1 aromatic heterocycles. The van der Waals surface area contributed by atoms with Gasteiger partial charge in [0, 0.05) is 13.1 Å². The van der Waals surface area contributed by atoms with Gasteiger partial charge >= 0.3 is 12.0 Å². The van der Waals surface area contributed by atoms with Crippen molar-refractivity contribution in [2.45, 2.75) is 26.7 Å². The molecule has 0 aromatic carbocycles. The van der Waals surface area contributed by atoms with Gasteiger partial charge in [0.05, 0.1) is 0 Å².